The van der Waals surface area contributed by atoms with Crippen LogP contribution >= 0.6 is 0 Å². The average molecular weight is 278 g/mol. The summed E-state index contributed by atoms with van der Waals surface area (Å²) in [6.07, 6.45) is 0. The molecule has 0 aromatic heterocycles. The van der Waals surface area contributed by atoms with E-state index in [0.29, 0.717) is 11.1 Å². The summed E-state index contributed by atoms with van der Waals surface area (Å²) in [6, 6.07) is 9.69. The van der Waals surface area contributed by atoms with E-state index in [1.54, 1.807) is 24.3 Å². The SMILES string of the molecule is NC(=NO)c1cccc(COc2cc(F)ccc2F)c1. The second kappa shape index (κ2) is 6.01. The van der Waals surface area contributed by atoms with Crippen LogP contribution in [0.15, 0.2) is 47.6 Å². The highest BCUT2D eigenvalue weighted by molar-refractivity contribution is 5.97. The zero-order valence-corrected chi connectivity index (χ0v) is 10.4. The van der Waals surface area contributed by atoms with Crippen molar-refractivity contribution in [3.05, 3.63) is 65.2 Å². The van der Waals surface area contributed by atoms with Gasteiger partial charge in [0.2, 0.25) is 0 Å². The minimum atomic E-state index is -0.640. The molecule has 2 rings (SSSR count). The number of amidine groups is 1. The summed E-state index contributed by atoms with van der Waals surface area (Å²) >= 11 is 0. The maximum absolute atomic E-state index is 13.4. The third kappa shape index (κ3) is 3.23. The molecule has 0 heterocycles. The lowest BCUT2D eigenvalue weighted by Crippen LogP contribution is -2.13. The van der Waals surface area contributed by atoms with Gasteiger partial charge >= 0.3 is 0 Å². The minimum absolute atomic E-state index is 0.0346. The van der Waals surface area contributed by atoms with Crippen LogP contribution < -0.4 is 10.5 Å². The van der Waals surface area contributed by atoms with E-state index in [9.17, 15) is 8.78 Å². The lowest BCUT2D eigenvalue weighted by molar-refractivity contribution is 0.288. The number of hydrogen-bond acceptors (Lipinski definition) is 3. The molecule has 0 unspecified atom stereocenters. The topological polar surface area (TPSA) is 67.8 Å². The van der Waals surface area contributed by atoms with Crippen molar-refractivity contribution >= 4 is 5.84 Å². The Balaban J connectivity index is 2.13. The molecular formula is C14H12F2N2O2. The van der Waals surface area contributed by atoms with Crippen LogP contribution in [-0.4, -0.2) is 11.0 Å². The third-order valence-corrected chi connectivity index (χ3v) is 2.62. The van der Waals surface area contributed by atoms with Crippen LogP contribution in [0.2, 0.25) is 0 Å². The molecule has 6 heteroatoms. The quantitative estimate of drug-likeness (QED) is 0.391. The summed E-state index contributed by atoms with van der Waals surface area (Å²) < 4.78 is 31.6. The van der Waals surface area contributed by atoms with Gasteiger partial charge in [-0.25, -0.2) is 8.78 Å². The first-order chi connectivity index (χ1) is 9.60. The summed E-state index contributed by atoms with van der Waals surface area (Å²) in [6.45, 7) is 0.0346. The molecular weight excluding hydrogens is 266 g/mol. The molecule has 0 radical (unpaired) electrons. The van der Waals surface area contributed by atoms with Crippen LogP contribution in [0.1, 0.15) is 11.1 Å². The molecule has 3 N–H and O–H groups in total. The summed E-state index contributed by atoms with van der Waals surface area (Å²) in [5.74, 6) is -1.42. The average Bonchev–Trinajstić information content (AvgIpc) is 2.47. The molecule has 0 amide bonds. The molecule has 2 aromatic rings. The van der Waals surface area contributed by atoms with Gasteiger partial charge in [0.05, 0.1) is 0 Å². The van der Waals surface area contributed by atoms with Crippen molar-refractivity contribution in [2.24, 2.45) is 10.9 Å². The summed E-state index contributed by atoms with van der Waals surface area (Å²) in [4.78, 5) is 0. The molecule has 0 aliphatic heterocycles. The van der Waals surface area contributed by atoms with E-state index in [1.165, 1.54) is 0 Å². The predicted octanol–water partition coefficient (Wildman–Crippen LogP) is 2.64. The van der Waals surface area contributed by atoms with Crippen LogP contribution in [-0.2, 0) is 6.61 Å². The van der Waals surface area contributed by atoms with Gasteiger partial charge in [0.15, 0.2) is 17.4 Å². The lowest BCUT2D eigenvalue weighted by Gasteiger charge is -2.08. The van der Waals surface area contributed by atoms with Gasteiger partial charge < -0.3 is 15.7 Å². The van der Waals surface area contributed by atoms with Gasteiger partial charge in [0.25, 0.3) is 0 Å². The van der Waals surface area contributed by atoms with E-state index >= 15 is 0 Å². The van der Waals surface area contributed by atoms with Crippen molar-refractivity contribution in [2.45, 2.75) is 6.61 Å². The van der Waals surface area contributed by atoms with Crippen molar-refractivity contribution < 1.29 is 18.7 Å². The van der Waals surface area contributed by atoms with E-state index < -0.39 is 11.6 Å². The molecule has 0 spiro atoms. The third-order valence-electron chi connectivity index (χ3n) is 2.62. The number of halogens is 2. The maximum atomic E-state index is 13.4. The Hall–Kier alpha value is -2.63. The minimum Gasteiger partial charge on any atom is -0.486 e. The van der Waals surface area contributed by atoms with E-state index in [1.807, 2.05) is 0 Å². The van der Waals surface area contributed by atoms with Gasteiger partial charge in [-0.15, -0.1) is 0 Å². The standard InChI is InChI=1S/C14H12F2N2O2/c15-11-4-5-12(16)13(7-11)20-8-9-2-1-3-10(6-9)14(17)18-19/h1-7,19H,8H2,(H2,17,18). The fourth-order valence-corrected chi connectivity index (χ4v) is 1.63. The summed E-state index contributed by atoms with van der Waals surface area (Å²) in [7, 11) is 0. The highest BCUT2D eigenvalue weighted by Gasteiger charge is 2.06. The van der Waals surface area contributed by atoms with Crippen molar-refractivity contribution in [1.82, 2.24) is 0 Å². The number of nitrogens with two attached hydrogens (primary N) is 1. The molecule has 0 fully saturated rings. The summed E-state index contributed by atoms with van der Waals surface area (Å²) in [5, 5.41) is 11.5. The Morgan fingerprint density at radius 1 is 1.20 bits per heavy atom. The van der Waals surface area contributed by atoms with Crippen LogP contribution in [0.4, 0.5) is 8.78 Å². The predicted molar refractivity (Wildman–Crippen MR) is 69.6 cm³/mol. The molecule has 0 aliphatic carbocycles. The molecule has 0 bridgehead atoms. The van der Waals surface area contributed by atoms with Gasteiger partial charge in [0, 0.05) is 11.6 Å². The molecule has 0 aliphatic rings. The fourth-order valence-electron chi connectivity index (χ4n) is 1.63. The molecule has 0 saturated heterocycles. The van der Waals surface area contributed by atoms with Gasteiger partial charge in [-0.1, -0.05) is 23.4 Å². The van der Waals surface area contributed by atoms with Crippen LogP contribution in [0.25, 0.3) is 0 Å². The number of hydrogen-bond donors (Lipinski definition) is 2. The first kappa shape index (κ1) is 13.8. The summed E-state index contributed by atoms with van der Waals surface area (Å²) in [5.41, 5.74) is 6.65. The zero-order chi connectivity index (χ0) is 14.5. The molecule has 4 nitrogen and oxygen atoms in total. The Bertz CT molecular complexity index is 645. The number of benzene rings is 2. The van der Waals surface area contributed by atoms with E-state index in [0.717, 1.165) is 18.2 Å². The molecule has 2 aromatic carbocycles. The number of nitrogens with zero attached hydrogens (tertiary/aromatic N) is 1. The number of oxime groups is 1. The highest BCUT2D eigenvalue weighted by Crippen LogP contribution is 2.19. The zero-order valence-electron chi connectivity index (χ0n) is 10.4. The maximum Gasteiger partial charge on any atom is 0.170 e. The lowest BCUT2D eigenvalue weighted by atomic mass is 10.1. The Morgan fingerprint density at radius 3 is 2.75 bits per heavy atom. The normalized spacial score (nSPS) is 11.4. The molecule has 0 saturated carbocycles. The van der Waals surface area contributed by atoms with Gasteiger partial charge in [-0.2, -0.15) is 0 Å². The van der Waals surface area contributed by atoms with E-state index in [4.69, 9.17) is 15.7 Å². The van der Waals surface area contributed by atoms with Gasteiger partial charge in [-0.05, 0) is 23.8 Å². The second-order valence-electron chi connectivity index (χ2n) is 4.05. The monoisotopic (exact) mass is 278 g/mol. The Kier molecular flexibility index (Phi) is 4.14. The molecule has 0 atom stereocenters. The van der Waals surface area contributed by atoms with Crippen LogP contribution in [0.5, 0.6) is 5.75 Å². The Morgan fingerprint density at radius 2 is 2.00 bits per heavy atom. The first-order valence-corrected chi connectivity index (χ1v) is 5.75. The smallest absolute Gasteiger partial charge is 0.170 e. The number of ether oxygens (including phenoxy) is 1. The van der Waals surface area contributed by atoms with Gasteiger partial charge in [-0.3, -0.25) is 0 Å². The van der Waals surface area contributed by atoms with Crippen LogP contribution in [0, 0.1) is 11.6 Å². The highest BCUT2D eigenvalue weighted by atomic mass is 19.1. The van der Waals surface area contributed by atoms with Crippen molar-refractivity contribution in [3.8, 4) is 5.75 Å². The largest absolute Gasteiger partial charge is 0.486 e. The van der Waals surface area contributed by atoms with Crippen molar-refractivity contribution in [3.63, 3.8) is 0 Å². The fraction of sp³-hybridized carbons (Fsp3) is 0.0714. The van der Waals surface area contributed by atoms with Gasteiger partial charge in [0.1, 0.15) is 12.4 Å². The van der Waals surface area contributed by atoms with Crippen molar-refractivity contribution in [2.75, 3.05) is 0 Å². The number of rotatable bonds is 4. The molecule has 104 valence electrons. The second-order valence-corrected chi connectivity index (χ2v) is 4.05. The Labute approximate surface area is 114 Å². The van der Waals surface area contributed by atoms with E-state index in [2.05, 4.69) is 5.16 Å². The van der Waals surface area contributed by atoms with Crippen molar-refractivity contribution in [1.29, 1.82) is 0 Å². The first-order valence-electron chi connectivity index (χ1n) is 5.75. The van der Waals surface area contributed by atoms with E-state index in [-0.39, 0.29) is 18.2 Å². The van der Waals surface area contributed by atoms with Crippen LogP contribution in [0.3, 0.4) is 0 Å². The molecule has 20 heavy (non-hydrogen) atoms.